The Hall–Kier alpha value is -2.86. The molecule has 1 aliphatic rings. The average molecular weight is 467 g/mol. The maximum atomic E-state index is 12.6. The average Bonchev–Trinajstić information content (AvgIpc) is 3.27. The van der Waals surface area contributed by atoms with Crippen molar-refractivity contribution in [3.8, 4) is 27.6 Å². The largest absolute Gasteiger partial charge is 0.482 e. The standard InChI is InChI=1S/C24H16Cl2N2O2S/c25-17-8-5-15(6-9-17)12-28-21-11-16(7-10-22(21)30-13-23(28)29)20-14-31-24(27-20)18-3-1-2-4-19(18)26/h1-11,14H,12-13H2. The van der Waals surface area contributed by atoms with Crippen molar-refractivity contribution in [1.29, 1.82) is 0 Å². The second-order valence-corrected chi connectivity index (χ2v) is 8.80. The molecular formula is C24H16Cl2N2O2S. The summed E-state index contributed by atoms with van der Waals surface area (Å²) in [5.41, 5.74) is 4.36. The Morgan fingerprint density at radius 1 is 1.03 bits per heavy atom. The highest BCUT2D eigenvalue weighted by Gasteiger charge is 2.26. The lowest BCUT2D eigenvalue weighted by molar-refractivity contribution is -0.121. The highest BCUT2D eigenvalue weighted by atomic mass is 35.5. The molecule has 0 fully saturated rings. The van der Waals surface area contributed by atoms with Crippen molar-refractivity contribution in [2.45, 2.75) is 6.54 Å². The van der Waals surface area contributed by atoms with Crippen molar-refractivity contribution < 1.29 is 9.53 Å². The van der Waals surface area contributed by atoms with Crippen LogP contribution >= 0.6 is 34.5 Å². The molecule has 4 aromatic rings. The van der Waals surface area contributed by atoms with E-state index < -0.39 is 0 Å². The van der Waals surface area contributed by atoms with Crippen LogP contribution < -0.4 is 9.64 Å². The van der Waals surface area contributed by atoms with Crippen LogP contribution in [0.25, 0.3) is 21.8 Å². The van der Waals surface area contributed by atoms with E-state index in [9.17, 15) is 4.79 Å². The molecule has 1 aliphatic heterocycles. The fraction of sp³-hybridized carbons (Fsp3) is 0.0833. The maximum Gasteiger partial charge on any atom is 0.265 e. The molecule has 0 saturated heterocycles. The van der Waals surface area contributed by atoms with Crippen LogP contribution in [0.15, 0.2) is 72.1 Å². The highest BCUT2D eigenvalue weighted by Crippen LogP contribution is 2.39. The lowest BCUT2D eigenvalue weighted by Crippen LogP contribution is -2.38. The van der Waals surface area contributed by atoms with Crippen LogP contribution in [0.5, 0.6) is 5.75 Å². The smallest absolute Gasteiger partial charge is 0.265 e. The molecule has 0 spiro atoms. The molecule has 0 saturated carbocycles. The molecule has 0 aliphatic carbocycles. The highest BCUT2D eigenvalue weighted by molar-refractivity contribution is 7.13. The van der Waals surface area contributed by atoms with Crippen molar-refractivity contribution in [1.82, 2.24) is 4.98 Å². The zero-order chi connectivity index (χ0) is 21.4. The minimum Gasteiger partial charge on any atom is -0.482 e. The van der Waals surface area contributed by atoms with Gasteiger partial charge in [0.05, 0.1) is 22.9 Å². The second-order valence-electron chi connectivity index (χ2n) is 7.10. The van der Waals surface area contributed by atoms with Crippen LogP contribution in [0.1, 0.15) is 5.56 Å². The SMILES string of the molecule is O=C1COc2ccc(-c3csc(-c4ccccc4Cl)n3)cc2N1Cc1ccc(Cl)cc1. The number of halogens is 2. The molecule has 31 heavy (non-hydrogen) atoms. The van der Waals surface area contributed by atoms with Crippen LogP contribution in [0.4, 0.5) is 5.69 Å². The van der Waals surface area contributed by atoms with E-state index in [2.05, 4.69) is 0 Å². The molecule has 3 aromatic carbocycles. The molecule has 0 radical (unpaired) electrons. The van der Waals surface area contributed by atoms with Gasteiger partial charge in [-0.2, -0.15) is 0 Å². The molecule has 0 unspecified atom stereocenters. The van der Waals surface area contributed by atoms with Gasteiger partial charge in [-0.15, -0.1) is 11.3 Å². The number of ether oxygens (including phenoxy) is 1. The normalized spacial score (nSPS) is 13.1. The molecule has 1 amide bonds. The summed E-state index contributed by atoms with van der Waals surface area (Å²) in [6, 6.07) is 20.9. The first-order chi connectivity index (χ1) is 15.1. The number of thiazole rings is 1. The van der Waals surface area contributed by atoms with Gasteiger partial charge in [-0.25, -0.2) is 4.98 Å². The van der Waals surface area contributed by atoms with E-state index in [-0.39, 0.29) is 12.5 Å². The Bertz CT molecular complexity index is 1270. The number of carbonyl (C=O) groups excluding carboxylic acids is 1. The van der Waals surface area contributed by atoms with Crippen molar-refractivity contribution in [2.75, 3.05) is 11.5 Å². The van der Waals surface area contributed by atoms with Crippen molar-refractivity contribution in [3.05, 3.63) is 87.7 Å². The summed E-state index contributed by atoms with van der Waals surface area (Å²) in [6.45, 7) is 0.463. The van der Waals surface area contributed by atoms with Crippen LogP contribution in [0.2, 0.25) is 10.0 Å². The fourth-order valence-electron chi connectivity index (χ4n) is 3.47. The predicted octanol–water partition coefficient (Wildman–Crippen LogP) is 6.71. The molecular weight excluding hydrogens is 451 g/mol. The number of benzene rings is 3. The summed E-state index contributed by atoms with van der Waals surface area (Å²) < 4.78 is 5.66. The number of fused-ring (bicyclic) bond motifs is 1. The summed E-state index contributed by atoms with van der Waals surface area (Å²) in [5, 5.41) is 4.18. The number of rotatable bonds is 4. The van der Waals surface area contributed by atoms with E-state index in [0.29, 0.717) is 22.3 Å². The quantitative estimate of drug-likeness (QED) is 0.335. The molecule has 4 nitrogen and oxygen atoms in total. The van der Waals surface area contributed by atoms with E-state index in [1.807, 2.05) is 72.1 Å². The number of nitrogens with zero attached hydrogens (tertiary/aromatic N) is 2. The molecule has 0 bridgehead atoms. The molecule has 5 rings (SSSR count). The van der Waals surface area contributed by atoms with Crippen LogP contribution in [0, 0.1) is 0 Å². The molecule has 0 N–H and O–H groups in total. The number of carbonyl (C=O) groups is 1. The topological polar surface area (TPSA) is 42.4 Å². The molecule has 7 heteroatoms. The number of hydrogen-bond acceptors (Lipinski definition) is 4. The summed E-state index contributed by atoms with van der Waals surface area (Å²) in [5.74, 6) is 0.591. The van der Waals surface area contributed by atoms with Gasteiger partial charge in [0.1, 0.15) is 10.8 Å². The lowest BCUT2D eigenvalue weighted by Gasteiger charge is -2.30. The monoisotopic (exact) mass is 466 g/mol. The number of hydrogen-bond donors (Lipinski definition) is 0. The minimum atomic E-state index is -0.0883. The molecule has 1 aromatic heterocycles. The third-order valence-electron chi connectivity index (χ3n) is 5.06. The Morgan fingerprint density at radius 2 is 1.84 bits per heavy atom. The van der Waals surface area contributed by atoms with Gasteiger partial charge in [-0.05, 0) is 42.0 Å². The minimum absolute atomic E-state index is 0.0211. The van der Waals surface area contributed by atoms with Crippen molar-refractivity contribution in [2.24, 2.45) is 0 Å². The Labute approximate surface area is 193 Å². The van der Waals surface area contributed by atoms with Gasteiger partial charge in [0.25, 0.3) is 5.91 Å². The van der Waals surface area contributed by atoms with Gasteiger partial charge in [0.2, 0.25) is 0 Å². The third-order valence-corrected chi connectivity index (χ3v) is 6.52. The Kier molecular flexibility index (Phi) is 5.40. The Balaban J connectivity index is 1.49. The first kappa shape index (κ1) is 20.1. The zero-order valence-corrected chi connectivity index (χ0v) is 18.5. The molecule has 154 valence electrons. The van der Waals surface area contributed by atoms with Crippen molar-refractivity contribution in [3.63, 3.8) is 0 Å². The molecule has 2 heterocycles. The van der Waals surface area contributed by atoms with Crippen LogP contribution in [0.3, 0.4) is 0 Å². The first-order valence-electron chi connectivity index (χ1n) is 9.61. The molecule has 0 atom stereocenters. The third kappa shape index (κ3) is 4.04. The van der Waals surface area contributed by atoms with Crippen LogP contribution in [-0.4, -0.2) is 17.5 Å². The van der Waals surface area contributed by atoms with E-state index in [4.69, 9.17) is 32.9 Å². The van der Waals surface area contributed by atoms with E-state index in [1.54, 1.807) is 4.90 Å². The van der Waals surface area contributed by atoms with Gasteiger partial charge in [0.15, 0.2) is 6.61 Å². The van der Waals surface area contributed by atoms with Gasteiger partial charge in [0, 0.05) is 21.5 Å². The zero-order valence-electron chi connectivity index (χ0n) is 16.2. The first-order valence-corrected chi connectivity index (χ1v) is 11.2. The summed E-state index contributed by atoms with van der Waals surface area (Å²) in [4.78, 5) is 19.2. The van der Waals surface area contributed by atoms with E-state index in [0.717, 1.165) is 33.1 Å². The Morgan fingerprint density at radius 3 is 2.65 bits per heavy atom. The number of anilines is 1. The van der Waals surface area contributed by atoms with Gasteiger partial charge >= 0.3 is 0 Å². The van der Waals surface area contributed by atoms with Gasteiger partial charge < -0.3 is 9.64 Å². The predicted molar refractivity (Wildman–Crippen MR) is 126 cm³/mol. The summed E-state index contributed by atoms with van der Waals surface area (Å²) >= 11 is 13.9. The second kappa shape index (κ2) is 8.35. The fourth-order valence-corrected chi connectivity index (χ4v) is 4.75. The number of amides is 1. The maximum absolute atomic E-state index is 12.6. The van der Waals surface area contributed by atoms with E-state index >= 15 is 0 Å². The summed E-state index contributed by atoms with van der Waals surface area (Å²) in [6.07, 6.45) is 0. The van der Waals surface area contributed by atoms with Crippen molar-refractivity contribution >= 4 is 46.1 Å². The van der Waals surface area contributed by atoms with Crippen LogP contribution in [-0.2, 0) is 11.3 Å². The van der Waals surface area contributed by atoms with Gasteiger partial charge in [-0.3, -0.25) is 4.79 Å². The number of aromatic nitrogens is 1. The van der Waals surface area contributed by atoms with E-state index in [1.165, 1.54) is 11.3 Å². The summed E-state index contributed by atoms with van der Waals surface area (Å²) in [7, 11) is 0. The van der Waals surface area contributed by atoms with Gasteiger partial charge in [-0.1, -0.05) is 53.5 Å². The lowest BCUT2D eigenvalue weighted by atomic mass is 10.1.